The van der Waals surface area contributed by atoms with Gasteiger partial charge in [0.25, 0.3) is 0 Å². The summed E-state index contributed by atoms with van der Waals surface area (Å²) in [6, 6.07) is 7.29. The van der Waals surface area contributed by atoms with Crippen molar-refractivity contribution >= 4 is 0 Å². The van der Waals surface area contributed by atoms with E-state index < -0.39 is 0 Å². The number of hydrogen-bond donors (Lipinski definition) is 1. The van der Waals surface area contributed by atoms with Crippen LogP contribution in [0.3, 0.4) is 0 Å². The molecule has 0 bridgehead atoms. The van der Waals surface area contributed by atoms with Crippen LogP contribution in [0.25, 0.3) is 0 Å². The maximum atomic E-state index is 5.56. The summed E-state index contributed by atoms with van der Waals surface area (Å²) < 4.78 is 5.56. The lowest BCUT2D eigenvalue weighted by Crippen LogP contribution is -2.37. The molecule has 1 saturated heterocycles. The van der Waals surface area contributed by atoms with E-state index in [1.165, 1.54) is 16.7 Å². The third-order valence-electron chi connectivity index (χ3n) is 3.56. The number of nitrogens with one attached hydrogen (secondary N) is 1. The van der Waals surface area contributed by atoms with Gasteiger partial charge in [-0.15, -0.1) is 0 Å². The quantitative estimate of drug-likeness (QED) is 0.866. The topological polar surface area (TPSA) is 21.3 Å². The molecule has 0 saturated carbocycles. The Labute approximate surface area is 104 Å². The second-order valence-corrected chi connectivity index (χ2v) is 5.21. The van der Waals surface area contributed by atoms with Gasteiger partial charge in [-0.25, -0.2) is 0 Å². The number of ether oxygens (including phenoxy) is 1. The Morgan fingerprint density at radius 1 is 1.35 bits per heavy atom. The highest BCUT2D eigenvalue weighted by molar-refractivity contribution is 5.30. The molecule has 0 amide bonds. The van der Waals surface area contributed by atoms with Gasteiger partial charge < -0.3 is 10.1 Å². The minimum absolute atomic E-state index is 0.403. The van der Waals surface area contributed by atoms with Crippen LogP contribution in [0.2, 0.25) is 0 Å². The number of rotatable bonds is 3. The summed E-state index contributed by atoms with van der Waals surface area (Å²) in [6.45, 7) is 8.36. The summed E-state index contributed by atoms with van der Waals surface area (Å²) in [5.74, 6) is 0. The minimum atomic E-state index is 0.403. The Morgan fingerprint density at radius 3 is 2.88 bits per heavy atom. The Morgan fingerprint density at radius 2 is 2.18 bits per heavy atom. The third-order valence-corrected chi connectivity index (χ3v) is 3.56. The van der Waals surface area contributed by atoms with Crippen molar-refractivity contribution in [3.05, 3.63) is 34.9 Å². The van der Waals surface area contributed by atoms with E-state index in [0.29, 0.717) is 12.1 Å². The van der Waals surface area contributed by atoms with Crippen molar-refractivity contribution in [2.45, 2.75) is 52.3 Å². The van der Waals surface area contributed by atoms with Gasteiger partial charge in [-0.2, -0.15) is 0 Å². The molecule has 1 aliphatic rings. The first-order valence-electron chi connectivity index (χ1n) is 6.56. The van der Waals surface area contributed by atoms with Gasteiger partial charge in [0.1, 0.15) is 0 Å². The van der Waals surface area contributed by atoms with Crippen molar-refractivity contribution < 1.29 is 4.74 Å². The summed E-state index contributed by atoms with van der Waals surface area (Å²) in [4.78, 5) is 0. The molecule has 2 nitrogen and oxygen atoms in total. The van der Waals surface area contributed by atoms with Crippen LogP contribution in [0.4, 0.5) is 0 Å². The average molecular weight is 233 g/mol. The number of hydrogen-bond acceptors (Lipinski definition) is 2. The SMILES string of the molecule is Cc1ccc(CNC2CCOC(C)C2)c(C)c1. The predicted molar refractivity (Wildman–Crippen MR) is 71.2 cm³/mol. The van der Waals surface area contributed by atoms with Gasteiger partial charge in [-0.05, 0) is 44.7 Å². The van der Waals surface area contributed by atoms with E-state index in [-0.39, 0.29) is 0 Å². The third kappa shape index (κ3) is 3.55. The highest BCUT2D eigenvalue weighted by atomic mass is 16.5. The molecule has 1 aliphatic heterocycles. The largest absolute Gasteiger partial charge is 0.378 e. The van der Waals surface area contributed by atoms with Gasteiger partial charge in [0, 0.05) is 19.2 Å². The molecule has 0 spiro atoms. The summed E-state index contributed by atoms with van der Waals surface area (Å²) in [7, 11) is 0. The lowest BCUT2D eigenvalue weighted by Gasteiger charge is -2.28. The Hall–Kier alpha value is -0.860. The van der Waals surface area contributed by atoms with Crippen LogP contribution in [0.1, 0.15) is 36.5 Å². The zero-order valence-electron chi connectivity index (χ0n) is 11.1. The molecule has 17 heavy (non-hydrogen) atoms. The summed E-state index contributed by atoms with van der Waals surface area (Å²) >= 11 is 0. The summed E-state index contributed by atoms with van der Waals surface area (Å²) in [6.07, 6.45) is 2.67. The van der Waals surface area contributed by atoms with Crippen molar-refractivity contribution in [1.29, 1.82) is 0 Å². The molecule has 0 aromatic heterocycles. The first-order chi connectivity index (χ1) is 8.15. The van der Waals surface area contributed by atoms with Crippen LogP contribution in [0, 0.1) is 13.8 Å². The minimum Gasteiger partial charge on any atom is -0.378 e. The number of benzene rings is 1. The fourth-order valence-electron chi connectivity index (χ4n) is 2.48. The molecule has 1 N–H and O–H groups in total. The zero-order chi connectivity index (χ0) is 12.3. The highest BCUT2D eigenvalue weighted by Crippen LogP contribution is 2.15. The van der Waals surface area contributed by atoms with E-state index in [2.05, 4.69) is 44.3 Å². The molecule has 1 heterocycles. The molecule has 1 fully saturated rings. The molecular weight excluding hydrogens is 210 g/mol. The van der Waals surface area contributed by atoms with Crippen LogP contribution in [-0.2, 0) is 11.3 Å². The van der Waals surface area contributed by atoms with Crippen molar-refractivity contribution in [2.24, 2.45) is 0 Å². The molecular formula is C15H23NO. The van der Waals surface area contributed by atoms with Gasteiger partial charge in [0.2, 0.25) is 0 Å². The van der Waals surface area contributed by atoms with E-state index in [9.17, 15) is 0 Å². The van der Waals surface area contributed by atoms with E-state index >= 15 is 0 Å². The fourth-order valence-corrected chi connectivity index (χ4v) is 2.48. The second kappa shape index (κ2) is 5.65. The van der Waals surface area contributed by atoms with Crippen molar-refractivity contribution in [3.8, 4) is 0 Å². The first kappa shape index (κ1) is 12.6. The van der Waals surface area contributed by atoms with Crippen LogP contribution in [0.5, 0.6) is 0 Å². The molecule has 2 atom stereocenters. The Kier molecular flexibility index (Phi) is 4.19. The molecule has 1 aromatic carbocycles. The highest BCUT2D eigenvalue weighted by Gasteiger charge is 2.18. The van der Waals surface area contributed by atoms with E-state index in [4.69, 9.17) is 4.74 Å². The molecule has 0 radical (unpaired) electrons. The van der Waals surface area contributed by atoms with Crippen molar-refractivity contribution in [3.63, 3.8) is 0 Å². The van der Waals surface area contributed by atoms with Gasteiger partial charge in [-0.1, -0.05) is 23.8 Å². The van der Waals surface area contributed by atoms with Crippen LogP contribution < -0.4 is 5.32 Å². The maximum Gasteiger partial charge on any atom is 0.0561 e. The second-order valence-electron chi connectivity index (χ2n) is 5.21. The molecule has 1 aromatic rings. The van der Waals surface area contributed by atoms with Crippen LogP contribution >= 0.6 is 0 Å². The van der Waals surface area contributed by atoms with E-state index in [1.807, 2.05) is 0 Å². The molecule has 94 valence electrons. The lowest BCUT2D eigenvalue weighted by atomic mass is 10.0. The number of aryl methyl sites for hydroxylation is 2. The molecule has 0 aliphatic carbocycles. The fraction of sp³-hybridized carbons (Fsp3) is 0.600. The monoisotopic (exact) mass is 233 g/mol. The van der Waals surface area contributed by atoms with Gasteiger partial charge in [0.05, 0.1) is 6.10 Å². The summed E-state index contributed by atoms with van der Waals surface area (Å²) in [5, 5.41) is 3.65. The van der Waals surface area contributed by atoms with Crippen molar-refractivity contribution in [2.75, 3.05) is 6.61 Å². The molecule has 2 heteroatoms. The Balaban J connectivity index is 1.88. The molecule has 2 rings (SSSR count). The van der Waals surface area contributed by atoms with Gasteiger partial charge >= 0.3 is 0 Å². The lowest BCUT2D eigenvalue weighted by molar-refractivity contribution is 0.0130. The first-order valence-corrected chi connectivity index (χ1v) is 6.56. The smallest absolute Gasteiger partial charge is 0.0561 e. The maximum absolute atomic E-state index is 5.56. The normalized spacial score (nSPS) is 24.9. The van der Waals surface area contributed by atoms with Crippen LogP contribution in [-0.4, -0.2) is 18.8 Å². The zero-order valence-corrected chi connectivity index (χ0v) is 11.1. The average Bonchev–Trinajstić information content (AvgIpc) is 2.28. The Bertz CT molecular complexity index is 375. The van der Waals surface area contributed by atoms with E-state index in [0.717, 1.165) is 26.0 Å². The van der Waals surface area contributed by atoms with Gasteiger partial charge in [-0.3, -0.25) is 0 Å². The standard InChI is InChI=1S/C15H23NO/c1-11-4-5-14(12(2)8-11)10-16-15-6-7-17-13(3)9-15/h4-5,8,13,15-16H,6-7,9-10H2,1-3H3. The van der Waals surface area contributed by atoms with E-state index in [1.54, 1.807) is 0 Å². The van der Waals surface area contributed by atoms with Crippen molar-refractivity contribution in [1.82, 2.24) is 5.32 Å². The summed E-state index contributed by atoms with van der Waals surface area (Å²) in [5.41, 5.74) is 4.14. The predicted octanol–water partition coefficient (Wildman–Crippen LogP) is 2.96. The molecule has 2 unspecified atom stereocenters. The van der Waals surface area contributed by atoms with Crippen LogP contribution in [0.15, 0.2) is 18.2 Å². The van der Waals surface area contributed by atoms with Gasteiger partial charge in [0.15, 0.2) is 0 Å².